The van der Waals surface area contributed by atoms with Gasteiger partial charge in [-0.15, -0.1) is 46.4 Å². The van der Waals surface area contributed by atoms with Crippen LogP contribution in [-0.4, -0.2) is 87.8 Å². The lowest BCUT2D eigenvalue weighted by molar-refractivity contribution is -0.0115. The van der Waals surface area contributed by atoms with E-state index in [-0.39, 0.29) is 18.5 Å². The fourth-order valence-corrected chi connectivity index (χ4v) is 6.77. The van der Waals surface area contributed by atoms with E-state index in [2.05, 4.69) is 73.1 Å². The van der Waals surface area contributed by atoms with Crippen molar-refractivity contribution in [1.29, 1.82) is 0 Å². The van der Waals surface area contributed by atoms with Crippen molar-refractivity contribution < 1.29 is 10.2 Å². The van der Waals surface area contributed by atoms with Crippen LogP contribution in [0.3, 0.4) is 0 Å². The fraction of sp³-hybridized carbons (Fsp3) is 0.485. The molecule has 1 aliphatic rings. The Labute approximate surface area is 281 Å². The summed E-state index contributed by atoms with van der Waals surface area (Å²) < 4.78 is 0. The van der Waals surface area contributed by atoms with Gasteiger partial charge in [0.25, 0.3) is 0 Å². The van der Waals surface area contributed by atoms with Gasteiger partial charge < -0.3 is 20.0 Å². The summed E-state index contributed by atoms with van der Waals surface area (Å²) in [6.45, 7) is 7.61. The van der Waals surface area contributed by atoms with Crippen molar-refractivity contribution in [1.82, 2.24) is 14.8 Å². The van der Waals surface area contributed by atoms with E-state index in [0.29, 0.717) is 47.9 Å². The molecule has 3 aromatic rings. The van der Waals surface area contributed by atoms with E-state index in [0.717, 1.165) is 73.8 Å². The van der Waals surface area contributed by atoms with Crippen molar-refractivity contribution in [2.75, 3.05) is 72.6 Å². The zero-order valence-electron chi connectivity index (χ0n) is 25.3. The number of hydrogen-bond acceptors (Lipinski definition) is 7. The number of halogens is 4. The molecule has 0 saturated carbocycles. The number of aromatic nitrogens is 1. The highest BCUT2D eigenvalue weighted by Gasteiger charge is 2.35. The van der Waals surface area contributed by atoms with Crippen LogP contribution in [0.2, 0.25) is 0 Å². The van der Waals surface area contributed by atoms with E-state index in [1.165, 1.54) is 0 Å². The van der Waals surface area contributed by atoms with Crippen LogP contribution < -0.4 is 9.80 Å². The third kappa shape index (κ3) is 8.85. The molecular weight excluding hydrogens is 640 g/mol. The summed E-state index contributed by atoms with van der Waals surface area (Å²) in [5, 5.41) is 21.7. The Balaban J connectivity index is 1.64. The minimum atomic E-state index is -0.250. The Morgan fingerprint density at radius 2 is 1.18 bits per heavy atom. The largest absolute Gasteiger partial charge is 0.506 e. The Morgan fingerprint density at radius 1 is 0.750 bits per heavy atom. The summed E-state index contributed by atoms with van der Waals surface area (Å²) in [5.74, 6) is 2.28. The molecule has 0 aliphatic carbocycles. The molecule has 240 valence electrons. The summed E-state index contributed by atoms with van der Waals surface area (Å²) in [6, 6.07) is 17.1. The second kappa shape index (κ2) is 17.7. The van der Waals surface area contributed by atoms with Gasteiger partial charge in [0.1, 0.15) is 5.75 Å². The quantitative estimate of drug-likeness (QED) is 0.166. The van der Waals surface area contributed by atoms with E-state index in [4.69, 9.17) is 46.4 Å². The summed E-state index contributed by atoms with van der Waals surface area (Å²) >= 11 is 24.1. The molecule has 11 heteroatoms. The van der Waals surface area contributed by atoms with Crippen molar-refractivity contribution in [2.45, 2.75) is 39.2 Å². The highest BCUT2D eigenvalue weighted by molar-refractivity contribution is 6.19. The van der Waals surface area contributed by atoms with Gasteiger partial charge in [-0.1, -0.05) is 24.3 Å². The van der Waals surface area contributed by atoms with Crippen molar-refractivity contribution in [2.24, 2.45) is 0 Å². The summed E-state index contributed by atoms with van der Waals surface area (Å²) in [4.78, 5) is 13.5. The molecule has 7 nitrogen and oxygen atoms in total. The van der Waals surface area contributed by atoms with E-state index in [1.807, 2.05) is 0 Å². The summed E-state index contributed by atoms with van der Waals surface area (Å²) in [7, 11) is 0. The second-order valence-corrected chi connectivity index (χ2v) is 12.5. The Morgan fingerprint density at radius 3 is 1.57 bits per heavy atom. The first-order valence-corrected chi connectivity index (χ1v) is 17.3. The monoisotopic (exact) mass is 681 g/mol. The molecular formula is C33H43Cl4N5O2. The highest BCUT2D eigenvalue weighted by atomic mass is 35.5. The van der Waals surface area contributed by atoms with Crippen LogP contribution in [0.1, 0.15) is 40.5 Å². The molecule has 4 rings (SSSR count). The van der Waals surface area contributed by atoms with Crippen molar-refractivity contribution in [3.05, 3.63) is 82.7 Å². The average Bonchev–Trinajstić information content (AvgIpc) is 3.03. The van der Waals surface area contributed by atoms with Crippen LogP contribution in [0.4, 0.5) is 11.4 Å². The molecule has 0 unspecified atom stereocenters. The first kappa shape index (κ1) is 34.9. The maximum atomic E-state index is 11.3. The number of hydrogen-bond donors (Lipinski definition) is 2. The first-order chi connectivity index (χ1) is 21.4. The van der Waals surface area contributed by atoms with Gasteiger partial charge >= 0.3 is 0 Å². The minimum absolute atomic E-state index is 0.139. The normalized spacial score (nSPS) is 14.7. The van der Waals surface area contributed by atoms with Gasteiger partial charge in [0.2, 0.25) is 0 Å². The Hall–Kier alpha value is -1.97. The number of rotatable bonds is 16. The summed E-state index contributed by atoms with van der Waals surface area (Å²) in [5.41, 5.74) is 6.42. The standard InChI is InChI=1S/C33H43Cl4N5O2/c1-25-32(44)31(28(24-43)21-38-25)33-41(22-26-3-7-29(8-4-26)39(17-11-34)18-12-35)15-2-16-42(33)23-27-5-9-30(10-6-27)40(19-13-36)20-14-37/h3-10,21,33,43-44H,2,11-20,22-24H2,1H3. The minimum Gasteiger partial charge on any atom is -0.506 e. The molecule has 1 saturated heterocycles. The van der Waals surface area contributed by atoms with Crippen LogP contribution >= 0.6 is 46.4 Å². The molecule has 0 atom stereocenters. The zero-order valence-corrected chi connectivity index (χ0v) is 28.3. The number of aliphatic hydroxyl groups excluding tert-OH is 1. The number of aliphatic hydroxyl groups is 1. The third-order valence-corrected chi connectivity index (χ3v) is 8.84. The number of pyridine rings is 1. The second-order valence-electron chi connectivity index (χ2n) is 11.0. The molecule has 1 fully saturated rings. The first-order valence-electron chi connectivity index (χ1n) is 15.1. The fourth-order valence-electron chi connectivity index (χ4n) is 5.96. The van der Waals surface area contributed by atoms with Gasteiger partial charge in [0.05, 0.1) is 18.5 Å². The van der Waals surface area contributed by atoms with E-state index in [9.17, 15) is 10.2 Å². The number of aryl methyl sites for hydroxylation is 1. The Kier molecular flexibility index (Phi) is 14.0. The smallest absolute Gasteiger partial charge is 0.143 e. The number of benzene rings is 2. The zero-order chi connectivity index (χ0) is 31.5. The lowest BCUT2D eigenvalue weighted by Crippen LogP contribution is -2.47. The SMILES string of the molecule is Cc1ncc(CO)c(C2N(Cc3ccc(N(CCCl)CCCl)cc3)CCCN2Cc2ccc(N(CCCl)CCCl)cc2)c1O. The maximum absolute atomic E-state index is 11.3. The maximum Gasteiger partial charge on any atom is 0.143 e. The average molecular weight is 684 g/mol. The van der Waals surface area contributed by atoms with Crippen LogP contribution in [0.15, 0.2) is 54.7 Å². The third-order valence-electron chi connectivity index (χ3n) is 8.16. The number of aromatic hydroxyl groups is 1. The van der Waals surface area contributed by atoms with E-state index in [1.54, 1.807) is 13.1 Å². The lowest BCUT2D eigenvalue weighted by atomic mass is 9.99. The predicted molar refractivity (Wildman–Crippen MR) is 185 cm³/mol. The Bertz CT molecular complexity index is 1220. The van der Waals surface area contributed by atoms with Crippen molar-refractivity contribution in [3.63, 3.8) is 0 Å². The molecule has 0 spiro atoms. The van der Waals surface area contributed by atoms with Crippen molar-refractivity contribution >= 4 is 57.8 Å². The van der Waals surface area contributed by atoms with E-state index >= 15 is 0 Å². The molecule has 0 radical (unpaired) electrons. The molecule has 2 heterocycles. The van der Waals surface area contributed by atoms with Crippen LogP contribution in [-0.2, 0) is 19.7 Å². The molecule has 1 aromatic heterocycles. The molecule has 2 aromatic carbocycles. The van der Waals surface area contributed by atoms with Crippen molar-refractivity contribution in [3.8, 4) is 5.75 Å². The van der Waals surface area contributed by atoms with Gasteiger partial charge in [0.15, 0.2) is 0 Å². The molecule has 0 bridgehead atoms. The van der Waals surface area contributed by atoms with Crippen LogP contribution in [0.5, 0.6) is 5.75 Å². The van der Waals surface area contributed by atoms with Crippen LogP contribution in [0.25, 0.3) is 0 Å². The van der Waals surface area contributed by atoms with Crippen LogP contribution in [0, 0.1) is 6.92 Å². The number of nitrogens with zero attached hydrogens (tertiary/aromatic N) is 5. The van der Waals surface area contributed by atoms with Gasteiger partial charge in [-0.25, -0.2) is 0 Å². The molecule has 0 amide bonds. The molecule has 1 aliphatic heterocycles. The topological polar surface area (TPSA) is 66.3 Å². The highest BCUT2D eigenvalue weighted by Crippen LogP contribution is 2.39. The number of anilines is 2. The van der Waals surface area contributed by atoms with Gasteiger partial charge in [-0.2, -0.15) is 0 Å². The summed E-state index contributed by atoms with van der Waals surface area (Å²) in [6.07, 6.45) is 2.41. The lowest BCUT2D eigenvalue weighted by Gasteiger charge is -2.45. The van der Waals surface area contributed by atoms with Gasteiger partial charge in [-0.3, -0.25) is 14.8 Å². The molecule has 2 N–H and O–H groups in total. The predicted octanol–water partition coefficient (Wildman–Crippen LogP) is 6.56. The van der Waals surface area contributed by atoms with Gasteiger partial charge in [-0.05, 0) is 48.7 Å². The van der Waals surface area contributed by atoms with E-state index < -0.39 is 0 Å². The molecule has 44 heavy (non-hydrogen) atoms. The number of alkyl halides is 4. The van der Waals surface area contributed by atoms with Gasteiger partial charge in [0, 0.05) is 105 Å².